The van der Waals surface area contributed by atoms with Crippen LogP contribution in [0.15, 0.2) is 6.07 Å². The first-order chi connectivity index (χ1) is 8.11. The monoisotopic (exact) mass is 237 g/mol. The molecule has 0 unspecified atom stereocenters. The van der Waals surface area contributed by atoms with Gasteiger partial charge in [0.25, 0.3) is 5.91 Å². The Balaban J connectivity index is 2.17. The Bertz CT molecular complexity index is 449. The smallest absolute Gasteiger partial charge is 0.356 e. The molecule has 0 saturated heterocycles. The number of aromatic carboxylic acids is 1. The van der Waals surface area contributed by atoms with E-state index in [0.717, 1.165) is 19.3 Å². The van der Waals surface area contributed by atoms with Gasteiger partial charge in [-0.3, -0.25) is 9.48 Å². The molecule has 1 aromatic rings. The van der Waals surface area contributed by atoms with Crippen LogP contribution in [0.2, 0.25) is 0 Å². The summed E-state index contributed by atoms with van der Waals surface area (Å²) in [7, 11) is 0. The van der Waals surface area contributed by atoms with Crippen molar-refractivity contribution in [2.24, 2.45) is 0 Å². The van der Waals surface area contributed by atoms with E-state index in [-0.39, 0.29) is 17.6 Å². The Labute approximate surface area is 98.6 Å². The molecule has 1 aliphatic rings. The first-order valence-corrected chi connectivity index (χ1v) is 5.73. The Morgan fingerprint density at radius 1 is 1.59 bits per heavy atom. The number of rotatable bonds is 4. The summed E-state index contributed by atoms with van der Waals surface area (Å²) in [6.07, 6.45) is 3.13. The van der Waals surface area contributed by atoms with Crippen molar-refractivity contribution in [2.75, 3.05) is 0 Å². The Morgan fingerprint density at radius 3 is 2.76 bits per heavy atom. The molecule has 1 aliphatic carbocycles. The molecule has 92 valence electrons. The molecule has 2 N–H and O–H groups in total. The molecule has 0 aromatic carbocycles. The summed E-state index contributed by atoms with van der Waals surface area (Å²) < 4.78 is 1.41. The average Bonchev–Trinajstić information content (AvgIpc) is 2.67. The number of aromatic nitrogens is 2. The molecule has 1 aromatic heterocycles. The van der Waals surface area contributed by atoms with Gasteiger partial charge in [0.05, 0.1) is 0 Å². The van der Waals surface area contributed by atoms with Crippen molar-refractivity contribution in [3.05, 3.63) is 17.5 Å². The summed E-state index contributed by atoms with van der Waals surface area (Å²) in [6.45, 7) is 2.29. The zero-order valence-electron chi connectivity index (χ0n) is 9.64. The van der Waals surface area contributed by atoms with E-state index < -0.39 is 5.97 Å². The first-order valence-electron chi connectivity index (χ1n) is 5.73. The van der Waals surface area contributed by atoms with Crippen molar-refractivity contribution in [2.45, 2.75) is 38.8 Å². The van der Waals surface area contributed by atoms with Gasteiger partial charge < -0.3 is 10.4 Å². The molecule has 0 spiro atoms. The second-order valence-electron chi connectivity index (χ2n) is 4.14. The quantitative estimate of drug-likeness (QED) is 0.814. The maximum atomic E-state index is 11.9. The molecular weight excluding hydrogens is 222 g/mol. The lowest BCUT2D eigenvalue weighted by atomic mass is 9.93. The van der Waals surface area contributed by atoms with Crippen LogP contribution in [0.5, 0.6) is 0 Å². The van der Waals surface area contributed by atoms with Crippen LogP contribution in [-0.4, -0.2) is 32.8 Å². The van der Waals surface area contributed by atoms with Gasteiger partial charge in [0.15, 0.2) is 5.69 Å². The number of nitrogens with zero attached hydrogens (tertiary/aromatic N) is 2. The second kappa shape index (κ2) is 4.57. The standard InChI is InChI=1S/C11H15N3O3/c1-2-14-9(6-8(13-14)11(16)17)10(15)12-7-4-3-5-7/h6-7H,2-5H2,1H3,(H,12,15)(H,16,17). The highest BCUT2D eigenvalue weighted by molar-refractivity contribution is 5.95. The number of amides is 1. The van der Waals surface area contributed by atoms with Crippen LogP contribution in [0.1, 0.15) is 47.2 Å². The largest absolute Gasteiger partial charge is 0.476 e. The molecule has 0 bridgehead atoms. The Kier molecular flexibility index (Phi) is 3.12. The van der Waals surface area contributed by atoms with Crippen LogP contribution < -0.4 is 5.32 Å². The summed E-state index contributed by atoms with van der Waals surface area (Å²) in [5.41, 5.74) is 0.224. The third kappa shape index (κ3) is 2.30. The van der Waals surface area contributed by atoms with Gasteiger partial charge in [0, 0.05) is 18.7 Å². The third-order valence-corrected chi connectivity index (χ3v) is 2.97. The topological polar surface area (TPSA) is 84.2 Å². The highest BCUT2D eigenvalue weighted by Gasteiger charge is 2.23. The lowest BCUT2D eigenvalue weighted by Gasteiger charge is -2.26. The van der Waals surface area contributed by atoms with E-state index in [1.165, 1.54) is 10.7 Å². The van der Waals surface area contributed by atoms with Gasteiger partial charge in [-0.1, -0.05) is 0 Å². The SMILES string of the molecule is CCn1nc(C(=O)O)cc1C(=O)NC1CCC1. The van der Waals surface area contributed by atoms with Crippen molar-refractivity contribution < 1.29 is 14.7 Å². The molecule has 1 saturated carbocycles. The van der Waals surface area contributed by atoms with E-state index >= 15 is 0 Å². The number of aryl methyl sites for hydroxylation is 1. The number of nitrogens with one attached hydrogen (secondary N) is 1. The minimum atomic E-state index is -1.12. The summed E-state index contributed by atoms with van der Waals surface area (Å²) >= 11 is 0. The molecule has 0 atom stereocenters. The van der Waals surface area contributed by atoms with E-state index in [9.17, 15) is 9.59 Å². The first kappa shape index (κ1) is 11.6. The van der Waals surface area contributed by atoms with Gasteiger partial charge in [-0.25, -0.2) is 4.79 Å². The van der Waals surface area contributed by atoms with Crippen molar-refractivity contribution >= 4 is 11.9 Å². The fraction of sp³-hybridized carbons (Fsp3) is 0.545. The zero-order valence-corrected chi connectivity index (χ0v) is 9.64. The summed E-state index contributed by atoms with van der Waals surface area (Å²) in [5, 5.41) is 15.6. The number of carbonyl (C=O) groups is 2. The Morgan fingerprint density at radius 2 is 2.29 bits per heavy atom. The third-order valence-electron chi connectivity index (χ3n) is 2.97. The van der Waals surface area contributed by atoms with Crippen molar-refractivity contribution in [1.82, 2.24) is 15.1 Å². The number of hydrogen-bond acceptors (Lipinski definition) is 3. The van der Waals surface area contributed by atoms with Gasteiger partial charge in [-0.05, 0) is 26.2 Å². The van der Waals surface area contributed by atoms with Crippen LogP contribution in [0, 0.1) is 0 Å². The van der Waals surface area contributed by atoms with Gasteiger partial charge in [0.2, 0.25) is 0 Å². The predicted molar refractivity (Wildman–Crippen MR) is 60.0 cm³/mol. The molecule has 1 fully saturated rings. The molecule has 6 heteroatoms. The molecule has 1 heterocycles. The second-order valence-corrected chi connectivity index (χ2v) is 4.14. The minimum absolute atomic E-state index is 0.0920. The van der Waals surface area contributed by atoms with E-state index in [0.29, 0.717) is 12.2 Å². The van der Waals surface area contributed by atoms with Crippen LogP contribution in [0.3, 0.4) is 0 Å². The minimum Gasteiger partial charge on any atom is -0.476 e. The molecule has 0 radical (unpaired) electrons. The number of carboxylic acids is 1. The van der Waals surface area contributed by atoms with Crippen LogP contribution in [-0.2, 0) is 6.54 Å². The fourth-order valence-corrected chi connectivity index (χ4v) is 1.76. The van der Waals surface area contributed by atoms with Crippen molar-refractivity contribution in [3.63, 3.8) is 0 Å². The number of carbonyl (C=O) groups excluding carboxylic acids is 1. The van der Waals surface area contributed by atoms with E-state index in [2.05, 4.69) is 10.4 Å². The molecule has 6 nitrogen and oxygen atoms in total. The van der Waals surface area contributed by atoms with Gasteiger partial charge >= 0.3 is 5.97 Å². The van der Waals surface area contributed by atoms with E-state index in [4.69, 9.17) is 5.11 Å². The number of hydrogen-bond donors (Lipinski definition) is 2. The molecule has 17 heavy (non-hydrogen) atoms. The van der Waals surface area contributed by atoms with Crippen LogP contribution in [0.25, 0.3) is 0 Å². The van der Waals surface area contributed by atoms with Gasteiger partial charge in [-0.15, -0.1) is 0 Å². The summed E-state index contributed by atoms with van der Waals surface area (Å²) in [5.74, 6) is -1.36. The zero-order chi connectivity index (χ0) is 12.4. The highest BCUT2D eigenvalue weighted by atomic mass is 16.4. The molecule has 1 amide bonds. The molecule has 0 aliphatic heterocycles. The van der Waals surface area contributed by atoms with E-state index in [1.807, 2.05) is 6.92 Å². The molecule has 2 rings (SSSR count). The van der Waals surface area contributed by atoms with Crippen LogP contribution in [0.4, 0.5) is 0 Å². The average molecular weight is 237 g/mol. The normalized spacial score (nSPS) is 15.4. The van der Waals surface area contributed by atoms with Crippen LogP contribution >= 0.6 is 0 Å². The van der Waals surface area contributed by atoms with Gasteiger partial charge in [0.1, 0.15) is 5.69 Å². The maximum Gasteiger partial charge on any atom is 0.356 e. The highest BCUT2D eigenvalue weighted by Crippen LogP contribution is 2.18. The van der Waals surface area contributed by atoms with Crippen molar-refractivity contribution in [3.8, 4) is 0 Å². The fourth-order valence-electron chi connectivity index (χ4n) is 1.76. The predicted octanol–water partition coefficient (Wildman–Crippen LogP) is 0.883. The van der Waals surface area contributed by atoms with Crippen molar-refractivity contribution in [1.29, 1.82) is 0 Å². The lowest BCUT2D eigenvalue weighted by molar-refractivity contribution is 0.0689. The lowest BCUT2D eigenvalue weighted by Crippen LogP contribution is -2.40. The number of carboxylic acid groups (broad SMARTS) is 1. The summed E-state index contributed by atoms with van der Waals surface area (Å²) in [6, 6.07) is 1.55. The van der Waals surface area contributed by atoms with Gasteiger partial charge in [-0.2, -0.15) is 5.10 Å². The maximum absolute atomic E-state index is 11.9. The summed E-state index contributed by atoms with van der Waals surface area (Å²) in [4.78, 5) is 22.7. The van der Waals surface area contributed by atoms with E-state index in [1.54, 1.807) is 0 Å². The Hall–Kier alpha value is -1.85. The molecular formula is C11H15N3O3.